The molecule has 2 amide bonds. The zero-order chi connectivity index (χ0) is 22.5. The van der Waals surface area contributed by atoms with Crippen molar-refractivity contribution in [2.45, 2.75) is 25.0 Å². The third-order valence-corrected chi connectivity index (χ3v) is 6.74. The molecule has 3 rings (SSSR count). The first-order chi connectivity index (χ1) is 14.8. The van der Waals surface area contributed by atoms with Crippen LogP contribution in [0.5, 0.6) is 0 Å². The number of carbonyl (C=O) groups excluding carboxylic acids is 2. The number of anilines is 1. The average Bonchev–Trinajstić information content (AvgIpc) is 3.10. The summed E-state index contributed by atoms with van der Waals surface area (Å²) >= 11 is 10.8. The Bertz CT molecular complexity index is 1120. The van der Waals surface area contributed by atoms with E-state index in [1.165, 1.54) is 11.8 Å². The van der Waals surface area contributed by atoms with Crippen LogP contribution in [0.15, 0.2) is 52.1 Å². The first kappa shape index (κ1) is 23.3. The van der Waals surface area contributed by atoms with E-state index in [0.29, 0.717) is 21.6 Å². The molecule has 10 heteroatoms. The van der Waals surface area contributed by atoms with Gasteiger partial charge in [-0.25, -0.2) is 0 Å². The van der Waals surface area contributed by atoms with E-state index in [2.05, 4.69) is 36.8 Å². The molecule has 0 aliphatic rings. The van der Waals surface area contributed by atoms with Crippen molar-refractivity contribution in [2.75, 3.05) is 11.1 Å². The lowest BCUT2D eigenvalue weighted by atomic mass is 10.2. The standard InChI is InChI=1S/C21H21BrClN5O2S/c1-12-10-14(8-9-16(12)22)25-18(29)11-31-21-27-26-19(28(21)3)13(2)24-20(30)15-6-4-5-7-17(15)23/h4-10,13H,11H2,1-3H3,(H,24,30)(H,25,29)/t13-/m0/s1. The topological polar surface area (TPSA) is 88.9 Å². The Morgan fingerprint density at radius 1 is 1.23 bits per heavy atom. The number of thioether (sulfide) groups is 1. The van der Waals surface area contributed by atoms with Crippen molar-refractivity contribution < 1.29 is 9.59 Å². The van der Waals surface area contributed by atoms with Crippen molar-refractivity contribution in [1.29, 1.82) is 0 Å². The number of hydrogen-bond donors (Lipinski definition) is 2. The van der Waals surface area contributed by atoms with Gasteiger partial charge in [0.1, 0.15) is 0 Å². The Labute approximate surface area is 198 Å². The minimum absolute atomic E-state index is 0.142. The van der Waals surface area contributed by atoms with Crippen LogP contribution in [-0.4, -0.2) is 32.3 Å². The molecule has 0 bridgehead atoms. The van der Waals surface area contributed by atoms with Crippen molar-refractivity contribution in [3.63, 3.8) is 0 Å². The third-order valence-electron chi connectivity index (χ3n) is 4.50. The Morgan fingerprint density at radius 2 is 1.97 bits per heavy atom. The molecule has 0 saturated carbocycles. The van der Waals surface area contributed by atoms with Gasteiger partial charge in [0.05, 0.1) is 22.4 Å². The number of nitrogens with one attached hydrogen (secondary N) is 2. The van der Waals surface area contributed by atoms with E-state index in [0.717, 1.165) is 15.7 Å². The number of carbonyl (C=O) groups is 2. The van der Waals surface area contributed by atoms with E-state index in [1.807, 2.05) is 32.0 Å². The maximum atomic E-state index is 12.5. The van der Waals surface area contributed by atoms with Crippen molar-refractivity contribution >= 4 is 56.8 Å². The highest BCUT2D eigenvalue weighted by Gasteiger charge is 2.20. The Kier molecular flexibility index (Phi) is 7.74. The summed E-state index contributed by atoms with van der Waals surface area (Å²) in [6.45, 7) is 3.77. The molecule has 0 spiro atoms. The Morgan fingerprint density at radius 3 is 2.68 bits per heavy atom. The zero-order valence-electron chi connectivity index (χ0n) is 17.1. The van der Waals surface area contributed by atoms with Crippen LogP contribution in [0.2, 0.25) is 5.02 Å². The van der Waals surface area contributed by atoms with Gasteiger partial charge in [0.15, 0.2) is 11.0 Å². The smallest absolute Gasteiger partial charge is 0.253 e. The molecule has 1 heterocycles. The van der Waals surface area contributed by atoms with Crippen LogP contribution in [0, 0.1) is 6.92 Å². The van der Waals surface area contributed by atoms with E-state index in [9.17, 15) is 9.59 Å². The molecule has 0 saturated heterocycles. The fourth-order valence-electron chi connectivity index (χ4n) is 2.86. The highest BCUT2D eigenvalue weighted by molar-refractivity contribution is 9.10. The zero-order valence-corrected chi connectivity index (χ0v) is 20.3. The van der Waals surface area contributed by atoms with Gasteiger partial charge in [-0.2, -0.15) is 0 Å². The fraction of sp³-hybridized carbons (Fsp3) is 0.238. The van der Waals surface area contributed by atoms with Crippen molar-refractivity contribution in [1.82, 2.24) is 20.1 Å². The molecule has 1 atom stereocenters. The van der Waals surface area contributed by atoms with Gasteiger partial charge >= 0.3 is 0 Å². The summed E-state index contributed by atoms with van der Waals surface area (Å²) in [6, 6.07) is 12.1. The molecular formula is C21H21BrClN5O2S. The molecule has 7 nitrogen and oxygen atoms in total. The Balaban J connectivity index is 1.59. The van der Waals surface area contributed by atoms with Gasteiger partial charge in [0.25, 0.3) is 5.91 Å². The summed E-state index contributed by atoms with van der Waals surface area (Å²) in [6.07, 6.45) is 0. The van der Waals surface area contributed by atoms with Gasteiger partial charge in [0, 0.05) is 17.2 Å². The maximum absolute atomic E-state index is 12.5. The molecule has 31 heavy (non-hydrogen) atoms. The van der Waals surface area contributed by atoms with E-state index in [-0.39, 0.29) is 17.6 Å². The summed E-state index contributed by atoms with van der Waals surface area (Å²) in [5.74, 6) is 0.323. The molecular weight excluding hydrogens is 502 g/mol. The molecule has 0 radical (unpaired) electrons. The molecule has 162 valence electrons. The van der Waals surface area contributed by atoms with Crippen LogP contribution in [-0.2, 0) is 11.8 Å². The number of rotatable bonds is 7. The van der Waals surface area contributed by atoms with Gasteiger partial charge in [-0.05, 0) is 49.7 Å². The SMILES string of the molecule is Cc1cc(NC(=O)CSc2nnc([C@H](C)NC(=O)c3ccccc3Cl)n2C)ccc1Br. The normalized spacial score (nSPS) is 11.8. The quantitative estimate of drug-likeness (QED) is 0.437. The molecule has 1 aromatic heterocycles. The fourth-order valence-corrected chi connectivity index (χ4v) is 4.05. The highest BCUT2D eigenvalue weighted by Crippen LogP contribution is 2.22. The lowest BCUT2D eigenvalue weighted by molar-refractivity contribution is -0.113. The summed E-state index contributed by atoms with van der Waals surface area (Å²) in [4.78, 5) is 24.8. The number of nitrogens with zero attached hydrogens (tertiary/aromatic N) is 3. The minimum Gasteiger partial charge on any atom is -0.342 e. The summed E-state index contributed by atoms with van der Waals surface area (Å²) in [5, 5.41) is 15.0. The van der Waals surface area contributed by atoms with Crippen molar-refractivity contribution in [3.8, 4) is 0 Å². The highest BCUT2D eigenvalue weighted by atomic mass is 79.9. The molecule has 0 aliphatic carbocycles. The number of halogens is 2. The van der Waals surface area contributed by atoms with Crippen LogP contribution in [0.1, 0.15) is 34.7 Å². The van der Waals surface area contributed by atoms with Gasteiger partial charge in [0.2, 0.25) is 5.91 Å². The lowest BCUT2D eigenvalue weighted by Gasteiger charge is -2.14. The largest absolute Gasteiger partial charge is 0.342 e. The summed E-state index contributed by atoms with van der Waals surface area (Å²) in [5.41, 5.74) is 2.17. The second-order valence-electron chi connectivity index (χ2n) is 6.88. The van der Waals surface area contributed by atoms with Gasteiger partial charge in [-0.1, -0.05) is 51.4 Å². The number of aromatic nitrogens is 3. The third kappa shape index (κ3) is 5.87. The second kappa shape index (κ2) is 10.3. The second-order valence-corrected chi connectivity index (χ2v) is 9.08. The first-order valence-corrected chi connectivity index (χ1v) is 11.6. The maximum Gasteiger partial charge on any atom is 0.253 e. The molecule has 0 aliphatic heterocycles. The Hall–Kier alpha value is -2.36. The average molecular weight is 523 g/mol. The first-order valence-electron chi connectivity index (χ1n) is 9.39. The van der Waals surface area contributed by atoms with Gasteiger partial charge in [-0.15, -0.1) is 10.2 Å². The number of aryl methyl sites for hydroxylation is 1. The van der Waals surface area contributed by atoms with E-state index < -0.39 is 6.04 Å². The molecule has 2 N–H and O–H groups in total. The number of hydrogen-bond acceptors (Lipinski definition) is 5. The van der Waals surface area contributed by atoms with Crippen LogP contribution in [0.3, 0.4) is 0 Å². The van der Waals surface area contributed by atoms with E-state index >= 15 is 0 Å². The molecule has 0 fully saturated rings. The molecule has 2 aromatic carbocycles. The predicted molar refractivity (Wildman–Crippen MR) is 127 cm³/mol. The van der Waals surface area contributed by atoms with Crippen LogP contribution >= 0.6 is 39.3 Å². The van der Waals surface area contributed by atoms with Crippen LogP contribution in [0.25, 0.3) is 0 Å². The van der Waals surface area contributed by atoms with Crippen molar-refractivity contribution in [3.05, 3.63) is 68.9 Å². The lowest BCUT2D eigenvalue weighted by Crippen LogP contribution is -2.28. The van der Waals surface area contributed by atoms with Gasteiger partial charge < -0.3 is 15.2 Å². The van der Waals surface area contributed by atoms with Gasteiger partial charge in [-0.3, -0.25) is 9.59 Å². The predicted octanol–water partition coefficient (Wildman–Crippen LogP) is 4.76. The summed E-state index contributed by atoms with van der Waals surface area (Å²) in [7, 11) is 1.80. The summed E-state index contributed by atoms with van der Waals surface area (Å²) < 4.78 is 2.75. The molecule has 0 unspecified atom stereocenters. The van der Waals surface area contributed by atoms with Crippen molar-refractivity contribution in [2.24, 2.45) is 7.05 Å². The van der Waals surface area contributed by atoms with Crippen LogP contribution in [0.4, 0.5) is 5.69 Å². The minimum atomic E-state index is -0.393. The number of amides is 2. The van der Waals surface area contributed by atoms with Crippen LogP contribution < -0.4 is 10.6 Å². The number of benzene rings is 2. The monoisotopic (exact) mass is 521 g/mol. The van der Waals surface area contributed by atoms with E-state index in [4.69, 9.17) is 11.6 Å². The van der Waals surface area contributed by atoms with E-state index in [1.54, 1.807) is 35.9 Å². The molecule has 3 aromatic rings.